The molecule has 1 aromatic carbocycles. The van der Waals surface area contributed by atoms with Crippen LogP contribution in [0, 0.1) is 5.82 Å². The third-order valence-electron chi connectivity index (χ3n) is 1.84. The van der Waals surface area contributed by atoms with E-state index in [1.54, 1.807) is 12.1 Å². The number of aliphatic hydroxyl groups is 1. The molecule has 78 valence electrons. The predicted molar refractivity (Wildman–Crippen MR) is 50.3 cm³/mol. The zero-order valence-electron chi connectivity index (χ0n) is 7.84. The summed E-state index contributed by atoms with van der Waals surface area (Å²) in [4.78, 5) is 1.26. The van der Waals surface area contributed by atoms with Crippen LogP contribution in [-0.2, 0) is 6.54 Å². The molecular weight excluding hydrogens is 199 g/mol. The van der Waals surface area contributed by atoms with Crippen LogP contribution in [0.3, 0.4) is 0 Å². The molecule has 0 aliphatic rings. The van der Waals surface area contributed by atoms with Crippen LogP contribution in [0.2, 0.25) is 0 Å². The lowest BCUT2D eigenvalue weighted by Gasteiger charge is -1.94. The molecule has 6 heteroatoms. The van der Waals surface area contributed by atoms with Crippen molar-refractivity contribution in [1.82, 2.24) is 20.2 Å². The number of hydrogen-bond donors (Lipinski definition) is 1. The van der Waals surface area contributed by atoms with Gasteiger partial charge in [-0.2, -0.15) is 4.80 Å². The number of tetrazole rings is 1. The van der Waals surface area contributed by atoms with Crippen molar-refractivity contribution in [3.63, 3.8) is 0 Å². The van der Waals surface area contributed by atoms with Crippen LogP contribution >= 0.6 is 0 Å². The molecule has 0 saturated carbocycles. The SMILES string of the molecule is OCCn1nnc(-c2cccc(F)c2)n1. The lowest BCUT2D eigenvalue weighted by Crippen LogP contribution is -2.05. The minimum atomic E-state index is -0.342. The first-order chi connectivity index (χ1) is 7.29. The van der Waals surface area contributed by atoms with Crippen LogP contribution in [0.1, 0.15) is 0 Å². The monoisotopic (exact) mass is 208 g/mol. The highest BCUT2D eigenvalue weighted by atomic mass is 19.1. The lowest BCUT2D eigenvalue weighted by atomic mass is 10.2. The molecule has 0 aliphatic carbocycles. The smallest absolute Gasteiger partial charge is 0.205 e. The van der Waals surface area contributed by atoms with E-state index >= 15 is 0 Å². The van der Waals surface area contributed by atoms with Gasteiger partial charge in [0.2, 0.25) is 5.82 Å². The lowest BCUT2D eigenvalue weighted by molar-refractivity contribution is 0.259. The number of benzene rings is 1. The number of aromatic nitrogens is 4. The van der Waals surface area contributed by atoms with Crippen molar-refractivity contribution in [2.75, 3.05) is 6.61 Å². The molecule has 0 bridgehead atoms. The largest absolute Gasteiger partial charge is 0.394 e. The molecule has 0 fully saturated rings. The summed E-state index contributed by atoms with van der Waals surface area (Å²) >= 11 is 0. The topological polar surface area (TPSA) is 63.8 Å². The van der Waals surface area contributed by atoms with Crippen LogP contribution in [0.25, 0.3) is 11.4 Å². The third kappa shape index (κ3) is 2.16. The van der Waals surface area contributed by atoms with Crippen molar-refractivity contribution in [1.29, 1.82) is 0 Å². The number of aliphatic hydroxyl groups excluding tert-OH is 1. The van der Waals surface area contributed by atoms with Gasteiger partial charge in [-0.1, -0.05) is 12.1 Å². The second-order valence-corrected chi connectivity index (χ2v) is 2.94. The minimum absolute atomic E-state index is 0.0566. The van der Waals surface area contributed by atoms with E-state index in [1.165, 1.54) is 16.9 Å². The van der Waals surface area contributed by atoms with Crippen molar-refractivity contribution in [3.8, 4) is 11.4 Å². The van der Waals surface area contributed by atoms with Crippen molar-refractivity contribution in [2.45, 2.75) is 6.54 Å². The molecule has 15 heavy (non-hydrogen) atoms. The maximum atomic E-state index is 12.9. The summed E-state index contributed by atoms with van der Waals surface area (Å²) in [6.07, 6.45) is 0. The zero-order valence-corrected chi connectivity index (χ0v) is 7.84. The molecule has 0 spiro atoms. The standard InChI is InChI=1S/C9H9FN4O/c10-8-3-1-2-7(6-8)9-11-13-14(12-9)4-5-15/h1-3,6,15H,4-5H2. The molecular formula is C9H9FN4O. The molecule has 1 heterocycles. The molecule has 2 rings (SSSR count). The van der Waals surface area contributed by atoms with Gasteiger partial charge in [0.1, 0.15) is 5.82 Å². The van der Waals surface area contributed by atoms with Gasteiger partial charge in [-0.25, -0.2) is 4.39 Å². The minimum Gasteiger partial charge on any atom is -0.394 e. The molecule has 1 aromatic heterocycles. The summed E-state index contributed by atoms with van der Waals surface area (Å²) in [6.45, 7) is 0.223. The highest BCUT2D eigenvalue weighted by Gasteiger charge is 2.05. The molecule has 5 nitrogen and oxygen atoms in total. The van der Waals surface area contributed by atoms with Gasteiger partial charge in [0.25, 0.3) is 0 Å². The first-order valence-electron chi connectivity index (χ1n) is 4.44. The van der Waals surface area contributed by atoms with Crippen LogP contribution in [0.15, 0.2) is 24.3 Å². The van der Waals surface area contributed by atoms with Crippen LogP contribution in [0.4, 0.5) is 4.39 Å². The van der Waals surface area contributed by atoms with Gasteiger partial charge in [-0.05, 0) is 17.3 Å². The van der Waals surface area contributed by atoms with E-state index in [1.807, 2.05) is 0 Å². The summed E-state index contributed by atoms with van der Waals surface area (Å²) in [7, 11) is 0. The number of hydrogen-bond acceptors (Lipinski definition) is 4. The fourth-order valence-corrected chi connectivity index (χ4v) is 1.17. The summed E-state index contributed by atoms with van der Waals surface area (Å²) < 4.78 is 12.9. The van der Waals surface area contributed by atoms with Gasteiger partial charge in [0.15, 0.2) is 0 Å². The molecule has 0 amide bonds. The van der Waals surface area contributed by atoms with E-state index in [-0.39, 0.29) is 19.0 Å². The van der Waals surface area contributed by atoms with Crippen molar-refractivity contribution >= 4 is 0 Å². The Morgan fingerprint density at radius 3 is 3.00 bits per heavy atom. The fraction of sp³-hybridized carbons (Fsp3) is 0.222. The Bertz CT molecular complexity index is 457. The van der Waals surface area contributed by atoms with E-state index in [0.717, 1.165) is 0 Å². The Morgan fingerprint density at radius 2 is 2.27 bits per heavy atom. The molecule has 0 unspecified atom stereocenters. The summed E-state index contributed by atoms with van der Waals surface area (Å²) in [6, 6.07) is 5.96. The second-order valence-electron chi connectivity index (χ2n) is 2.94. The molecule has 0 aliphatic heterocycles. The van der Waals surface area contributed by atoms with Gasteiger partial charge in [0.05, 0.1) is 13.2 Å². The highest BCUT2D eigenvalue weighted by Crippen LogP contribution is 2.14. The van der Waals surface area contributed by atoms with E-state index in [0.29, 0.717) is 11.4 Å². The van der Waals surface area contributed by atoms with Gasteiger partial charge in [-0.3, -0.25) is 0 Å². The predicted octanol–water partition coefficient (Wildman–Crippen LogP) is 0.471. The van der Waals surface area contributed by atoms with Crippen LogP contribution in [-0.4, -0.2) is 31.9 Å². The van der Waals surface area contributed by atoms with Crippen LogP contribution < -0.4 is 0 Å². The van der Waals surface area contributed by atoms with Gasteiger partial charge < -0.3 is 5.11 Å². The quantitative estimate of drug-likeness (QED) is 0.796. The maximum Gasteiger partial charge on any atom is 0.205 e. The highest BCUT2D eigenvalue weighted by molar-refractivity contribution is 5.53. The van der Waals surface area contributed by atoms with E-state index in [2.05, 4.69) is 15.4 Å². The number of nitrogens with zero attached hydrogens (tertiary/aromatic N) is 4. The first kappa shape index (κ1) is 9.72. The molecule has 0 saturated heterocycles. The fourth-order valence-electron chi connectivity index (χ4n) is 1.17. The van der Waals surface area contributed by atoms with Crippen molar-refractivity contribution in [2.24, 2.45) is 0 Å². The third-order valence-corrected chi connectivity index (χ3v) is 1.84. The summed E-state index contributed by atoms with van der Waals surface area (Å²) in [5.41, 5.74) is 0.569. The Hall–Kier alpha value is -1.82. The average molecular weight is 208 g/mol. The maximum absolute atomic E-state index is 12.9. The second kappa shape index (κ2) is 4.14. The Morgan fingerprint density at radius 1 is 1.40 bits per heavy atom. The zero-order chi connectivity index (χ0) is 10.7. The average Bonchev–Trinajstić information content (AvgIpc) is 2.67. The Kier molecular flexibility index (Phi) is 2.68. The Balaban J connectivity index is 2.29. The normalized spacial score (nSPS) is 10.5. The summed E-state index contributed by atoms with van der Waals surface area (Å²) in [5, 5.41) is 20.1. The van der Waals surface area contributed by atoms with E-state index < -0.39 is 0 Å². The summed E-state index contributed by atoms with van der Waals surface area (Å²) in [5.74, 6) is 0.00829. The molecule has 0 radical (unpaired) electrons. The molecule has 1 N–H and O–H groups in total. The van der Waals surface area contributed by atoms with Gasteiger partial charge >= 0.3 is 0 Å². The van der Waals surface area contributed by atoms with Crippen molar-refractivity contribution < 1.29 is 9.50 Å². The Labute approximate surface area is 85.2 Å². The molecule has 0 atom stereocenters. The first-order valence-corrected chi connectivity index (χ1v) is 4.44. The molecule has 2 aromatic rings. The van der Waals surface area contributed by atoms with Gasteiger partial charge in [-0.15, -0.1) is 10.2 Å². The van der Waals surface area contributed by atoms with Gasteiger partial charge in [0, 0.05) is 5.56 Å². The van der Waals surface area contributed by atoms with Crippen LogP contribution in [0.5, 0.6) is 0 Å². The number of halogens is 1. The van der Waals surface area contributed by atoms with E-state index in [9.17, 15) is 4.39 Å². The van der Waals surface area contributed by atoms with Crippen molar-refractivity contribution in [3.05, 3.63) is 30.1 Å². The van der Waals surface area contributed by atoms with E-state index in [4.69, 9.17) is 5.11 Å². The number of rotatable bonds is 3.